The van der Waals surface area contributed by atoms with Crippen molar-refractivity contribution in [1.82, 2.24) is 15.5 Å². The number of nitrogens with one attached hydrogen (secondary N) is 2. The third kappa shape index (κ3) is 6.59. The molecule has 0 spiro atoms. The van der Waals surface area contributed by atoms with E-state index in [4.69, 9.17) is 4.74 Å². The van der Waals surface area contributed by atoms with Crippen LogP contribution in [0.1, 0.15) is 31.9 Å². The van der Waals surface area contributed by atoms with Gasteiger partial charge in [0.15, 0.2) is 5.96 Å². The standard InChI is InChI=1S/C18H30N4O/c1-18(2,3)21-17(19-4)20-13-15-6-5-7-16(12-15)14-22-8-10-23-11-9-22/h5-7,12H,8-11,13-14H2,1-4H3,(H2,19,20,21). The maximum atomic E-state index is 5.41. The number of aliphatic imine (C=N–C) groups is 1. The van der Waals surface area contributed by atoms with Crippen molar-refractivity contribution in [3.8, 4) is 0 Å². The maximum absolute atomic E-state index is 5.41. The molecule has 0 radical (unpaired) electrons. The van der Waals surface area contributed by atoms with E-state index in [0.29, 0.717) is 0 Å². The molecule has 0 atom stereocenters. The normalized spacial score (nSPS) is 17.1. The monoisotopic (exact) mass is 318 g/mol. The molecule has 2 N–H and O–H groups in total. The van der Waals surface area contributed by atoms with E-state index < -0.39 is 0 Å². The summed E-state index contributed by atoms with van der Waals surface area (Å²) < 4.78 is 5.41. The molecule has 1 saturated heterocycles. The van der Waals surface area contributed by atoms with Crippen LogP contribution in [0.5, 0.6) is 0 Å². The summed E-state index contributed by atoms with van der Waals surface area (Å²) in [6.45, 7) is 11.9. The van der Waals surface area contributed by atoms with Gasteiger partial charge in [-0.2, -0.15) is 0 Å². The number of ether oxygens (including phenoxy) is 1. The largest absolute Gasteiger partial charge is 0.379 e. The van der Waals surface area contributed by atoms with E-state index in [1.165, 1.54) is 11.1 Å². The van der Waals surface area contributed by atoms with Crippen LogP contribution < -0.4 is 10.6 Å². The van der Waals surface area contributed by atoms with Gasteiger partial charge in [-0.05, 0) is 31.9 Å². The van der Waals surface area contributed by atoms with Crippen molar-refractivity contribution in [3.05, 3.63) is 35.4 Å². The highest BCUT2D eigenvalue weighted by molar-refractivity contribution is 5.80. The smallest absolute Gasteiger partial charge is 0.191 e. The number of benzene rings is 1. The van der Waals surface area contributed by atoms with Gasteiger partial charge in [-0.1, -0.05) is 24.3 Å². The molecule has 5 nitrogen and oxygen atoms in total. The Kier molecular flexibility index (Phi) is 6.42. The van der Waals surface area contributed by atoms with Gasteiger partial charge in [0.2, 0.25) is 0 Å². The zero-order valence-electron chi connectivity index (χ0n) is 14.9. The van der Waals surface area contributed by atoms with Gasteiger partial charge in [0.25, 0.3) is 0 Å². The Balaban J connectivity index is 1.89. The molecule has 0 bridgehead atoms. The predicted molar refractivity (Wildman–Crippen MR) is 95.6 cm³/mol. The zero-order valence-corrected chi connectivity index (χ0v) is 14.9. The lowest BCUT2D eigenvalue weighted by Gasteiger charge is -2.26. The van der Waals surface area contributed by atoms with Gasteiger partial charge in [0, 0.05) is 38.8 Å². The highest BCUT2D eigenvalue weighted by Gasteiger charge is 2.12. The molecule has 1 aromatic rings. The minimum Gasteiger partial charge on any atom is -0.379 e. The Hall–Kier alpha value is -1.59. The van der Waals surface area contributed by atoms with Crippen LogP contribution in [0.15, 0.2) is 29.3 Å². The summed E-state index contributed by atoms with van der Waals surface area (Å²) in [6, 6.07) is 8.75. The van der Waals surface area contributed by atoms with Crippen LogP contribution in [-0.2, 0) is 17.8 Å². The summed E-state index contributed by atoms with van der Waals surface area (Å²) >= 11 is 0. The molecule has 0 amide bonds. The van der Waals surface area contributed by atoms with Crippen LogP contribution in [0.4, 0.5) is 0 Å². The van der Waals surface area contributed by atoms with Crippen molar-refractivity contribution in [1.29, 1.82) is 0 Å². The first-order valence-corrected chi connectivity index (χ1v) is 8.33. The van der Waals surface area contributed by atoms with Gasteiger partial charge >= 0.3 is 0 Å². The van der Waals surface area contributed by atoms with E-state index >= 15 is 0 Å². The summed E-state index contributed by atoms with van der Waals surface area (Å²) in [5, 5.41) is 6.75. The van der Waals surface area contributed by atoms with Gasteiger partial charge < -0.3 is 15.4 Å². The number of nitrogens with zero attached hydrogens (tertiary/aromatic N) is 2. The zero-order chi connectivity index (χ0) is 16.7. The van der Waals surface area contributed by atoms with Gasteiger partial charge in [-0.25, -0.2) is 0 Å². The van der Waals surface area contributed by atoms with E-state index in [-0.39, 0.29) is 5.54 Å². The fourth-order valence-corrected chi connectivity index (χ4v) is 2.58. The molecule has 0 aromatic heterocycles. The van der Waals surface area contributed by atoms with E-state index in [9.17, 15) is 0 Å². The third-order valence-electron chi connectivity index (χ3n) is 3.68. The highest BCUT2D eigenvalue weighted by atomic mass is 16.5. The Morgan fingerprint density at radius 2 is 1.91 bits per heavy atom. The van der Waals surface area contributed by atoms with Gasteiger partial charge in [0.1, 0.15) is 0 Å². The third-order valence-corrected chi connectivity index (χ3v) is 3.68. The Bertz CT molecular complexity index is 516. The first-order valence-electron chi connectivity index (χ1n) is 8.33. The van der Waals surface area contributed by atoms with E-state index in [2.05, 4.69) is 65.6 Å². The van der Waals surface area contributed by atoms with Crippen molar-refractivity contribution in [2.45, 2.75) is 39.4 Å². The first-order chi connectivity index (χ1) is 11.0. The molecular weight excluding hydrogens is 288 g/mol. The Labute approximate surface area is 140 Å². The number of rotatable bonds is 4. The van der Waals surface area contributed by atoms with Gasteiger partial charge in [0.05, 0.1) is 13.2 Å². The number of morpholine rings is 1. The lowest BCUT2D eigenvalue weighted by molar-refractivity contribution is 0.0342. The molecule has 1 aliphatic rings. The average molecular weight is 318 g/mol. The molecule has 0 aliphatic carbocycles. The second-order valence-corrected chi connectivity index (χ2v) is 7.01. The molecule has 1 heterocycles. The summed E-state index contributed by atoms with van der Waals surface area (Å²) in [4.78, 5) is 6.72. The van der Waals surface area contributed by atoms with E-state index in [1.54, 1.807) is 7.05 Å². The van der Waals surface area contributed by atoms with E-state index in [0.717, 1.165) is 45.4 Å². The van der Waals surface area contributed by atoms with Crippen LogP contribution in [0.3, 0.4) is 0 Å². The van der Waals surface area contributed by atoms with Crippen molar-refractivity contribution < 1.29 is 4.74 Å². The fourth-order valence-electron chi connectivity index (χ4n) is 2.58. The predicted octanol–water partition coefficient (Wildman–Crippen LogP) is 1.98. The lowest BCUT2D eigenvalue weighted by atomic mass is 10.1. The Morgan fingerprint density at radius 3 is 2.57 bits per heavy atom. The average Bonchev–Trinajstić information content (AvgIpc) is 2.52. The molecule has 1 aromatic carbocycles. The SMILES string of the molecule is CN=C(NCc1cccc(CN2CCOCC2)c1)NC(C)(C)C. The molecule has 0 unspecified atom stereocenters. The number of guanidine groups is 1. The summed E-state index contributed by atoms with van der Waals surface area (Å²) in [7, 11) is 1.80. The van der Waals surface area contributed by atoms with E-state index in [1.807, 2.05) is 0 Å². The summed E-state index contributed by atoms with van der Waals surface area (Å²) in [6.07, 6.45) is 0. The number of hydrogen-bond acceptors (Lipinski definition) is 3. The van der Waals surface area contributed by atoms with Crippen LogP contribution >= 0.6 is 0 Å². The maximum Gasteiger partial charge on any atom is 0.191 e. The summed E-state index contributed by atoms with van der Waals surface area (Å²) in [5.41, 5.74) is 2.62. The van der Waals surface area contributed by atoms with Crippen molar-refractivity contribution in [3.63, 3.8) is 0 Å². The van der Waals surface area contributed by atoms with Crippen LogP contribution in [0.2, 0.25) is 0 Å². The van der Waals surface area contributed by atoms with Crippen LogP contribution in [0, 0.1) is 0 Å². The molecule has 1 aliphatic heterocycles. The fraction of sp³-hybridized carbons (Fsp3) is 0.611. The van der Waals surface area contributed by atoms with Crippen LogP contribution in [-0.4, -0.2) is 49.7 Å². The molecular formula is C18H30N4O. The highest BCUT2D eigenvalue weighted by Crippen LogP contribution is 2.10. The molecule has 2 rings (SSSR count). The topological polar surface area (TPSA) is 48.9 Å². The minimum absolute atomic E-state index is 0.0000245. The minimum atomic E-state index is 0.0000245. The first kappa shape index (κ1) is 17.8. The molecule has 23 heavy (non-hydrogen) atoms. The quantitative estimate of drug-likeness (QED) is 0.658. The Morgan fingerprint density at radius 1 is 1.22 bits per heavy atom. The molecule has 5 heteroatoms. The second kappa shape index (κ2) is 8.31. The van der Waals surface area contributed by atoms with Crippen molar-refractivity contribution in [2.24, 2.45) is 4.99 Å². The molecule has 128 valence electrons. The lowest BCUT2D eigenvalue weighted by Crippen LogP contribution is -2.47. The molecule has 1 fully saturated rings. The summed E-state index contributed by atoms with van der Waals surface area (Å²) in [5.74, 6) is 0.830. The second-order valence-electron chi connectivity index (χ2n) is 7.01. The van der Waals surface area contributed by atoms with Crippen molar-refractivity contribution in [2.75, 3.05) is 33.4 Å². The van der Waals surface area contributed by atoms with Gasteiger partial charge in [-0.15, -0.1) is 0 Å². The van der Waals surface area contributed by atoms with Gasteiger partial charge in [-0.3, -0.25) is 9.89 Å². The van der Waals surface area contributed by atoms with Crippen molar-refractivity contribution >= 4 is 5.96 Å². The number of hydrogen-bond donors (Lipinski definition) is 2. The molecule has 0 saturated carbocycles. The van der Waals surface area contributed by atoms with Crippen LogP contribution in [0.25, 0.3) is 0 Å².